The average molecular weight is 654 g/mol. The lowest BCUT2D eigenvalue weighted by Gasteiger charge is -2.33. The number of amides is 3. The molecule has 0 radical (unpaired) electrons. The summed E-state index contributed by atoms with van der Waals surface area (Å²) >= 11 is 0. The van der Waals surface area contributed by atoms with Crippen molar-refractivity contribution in [1.82, 2.24) is 16.0 Å². The van der Waals surface area contributed by atoms with Crippen LogP contribution in [-0.2, 0) is 20.7 Å². The van der Waals surface area contributed by atoms with Gasteiger partial charge in [-0.25, -0.2) is 4.79 Å². The number of carbonyl (C=O) groups excluding carboxylic acids is 3. The van der Waals surface area contributed by atoms with Crippen molar-refractivity contribution in [1.29, 1.82) is 0 Å². The molecule has 1 saturated carbocycles. The van der Waals surface area contributed by atoms with Crippen LogP contribution in [0.2, 0.25) is 0 Å². The maximum Gasteiger partial charge on any atom is 0.408 e. The van der Waals surface area contributed by atoms with Gasteiger partial charge in [0.2, 0.25) is 11.8 Å². The van der Waals surface area contributed by atoms with Crippen molar-refractivity contribution in [2.75, 3.05) is 0 Å². The maximum absolute atomic E-state index is 14.0. The second-order valence-corrected chi connectivity index (χ2v) is 15.0. The number of hydrogen-bond donors (Lipinski definition) is 5. The van der Waals surface area contributed by atoms with Gasteiger partial charge in [0, 0.05) is 0 Å². The molecule has 2 aromatic carbocycles. The zero-order chi connectivity index (χ0) is 34.7. The SMILES string of the molecule is CC[C@H](C)[C@H](NC(=O)[C@H](CC1CCCCC1)NC(=O)OC(C)(C)C)C(=O)N[C@@H](Cc1ccc2ccccc2c1)[C@@H](O)[C@@H](O)CC(C)C. The third-order valence-electron chi connectivity index (χ3n) is 9.21. The molecule has 6 atom stereocenters. The zero-order valence-electron chi connectivity index (χ0n) is 29.6. The molecular weight excluding hydrogens is 594 g/mol. The summed E-state index contributed by atoms with van der Waals surface area (Å²) in [6.45, 7) is 13.1. The first kappa shape index (κ1) is 38.3. The lowest BCUT2D eigenvalue weighted by molar-refractivity contribution is -0.132. The summed E-state index contributed by atoms with van der Waals surface area (Å²) < 4.78 is 5.48. The van der Waals surface area contributed by atoms with Gasteiger partial charge in [0.1, 0.15) is 23.8 Å². The molecule has 0 saturated heterocycles. The number of rotatable bonds is 15. The number of aliphatic hydroxyl groups excluding tert-OH is 2. The highest BCUT2D eigenvalue weighted by atomic mass is 16.6. The molecule has 9 heteroatoms. The Morgan fingerprint density at radius 2 is 1.55 bits per heavy atom. The molecular formula is C38H59N3O6. The summed E-state index contributed by atoms with van der Waals surface area (Å²) in [6, 6.07) is 11.4. The monoisotopic (exact) mass is 653 g/mol. The van der Waals surface area contributed by atoms with E-state index < -0.39 is 53.8 Å². The molecule has 3 amide bonds. The van der Waals surface area contributed by atoms with E-state index in [0.717, 1.165) is 42.0 Å². The van der Waals surface area contributed by atoms with E-state index in [1.807, 2.05) is 70.2 Å². The van der Waals surface area contributed by atoms with E-state index in [9.17, 15) is 24.6 Å². The average Bonchev–Trinajstić information content (AvgIpc) is 3.01. The number of alkyl carbamates (subject to hydrolysis) is 1. The molecule has 2 aromatic rings. The normalized spacial score (nSPS) is 18.1. The first-order valence-corrected chi connectivity index (χ1v) is 17.6. The minimum Gasteiger partial charge on any atom is -0.444 e. The minimum absolute atomic E-state index is 0.141. The Balaban J connectivity index is 1.84. The predicted octanol–water partition coefficient (Wildman–Crippen LogP) is 6.03. The van der Waals surface area contributed by atoms with E-state index in [0.29, 0.717) is 25.7 Å². The molecule has 0 heterocycles. The summed E-state index contributed by atoms with van der Waals surface area (Å²) in [4.78, 5) is 40.7. The lowest BCUT2D eigenvalue weighted by Crippen LogP contribution is -2.59. The summed E-state index contributed by atoms with van der Waals surface area (Å²) in [5.41, 5.74) is 0.180. The fourth-order valence-corrected chi connectivity index (χ4v) is 6.43. The van der Waals surface area contributed by atoms with Crippen molar-refractivity contribution in [2.24, 2.45) is 17.8 Å². The van der Waals surface area contributed by atoms with E-state index >= 15 is 0 Å². The number of fused-ring (bicyclic) bond motifs is 1. The molecule has 1 fully saturated rings. The van der Waals surface area contributed by atoms with Crippen molar-refractivity contribution >= 4 is 28.7 Å². The molecule has 0 aromatic heterocycles. The van der Waals surface area contributed by atoms with Crippen molar-refractivity contribution in [2.45, 2.75) is 142 Å². The van der Waals surface area contributed by atoms with Crippen molar-refractivity contribution < 1.29 is 29.3 Å². The second-order valence-electron chi connectivity index (χ2n) is 15.0. The molecule has 262 valence electrons. The highest BCUT2D eigenvalue weighted by molar-refractivity contribution is 5.91. The van der Waals surface area contributed by atoms with E-state index in [2.05, 4.69) is 16.0 Å². The molecule has 0 spiro atoms. The summed E-state index contributed by atoms with van der Waals surface area (Å²) in [5, 5.41) is 33.2. The van der Waals surface area contributed by atoms with Gasteiger partial charge in [0.05, 0.1) is 12.1 Å². The molecule has 9 nitrogen and oxygen atoms in total. The van der Waals surface area contributed by atoms with Crippen LogP contribution in [0.3, 0.4) is 0 Å². The summed E-state index contributed by atoms with van der Waals surface area (Å²) in [6.07, 6.45) is 4.11. The maximum atomic E-state index is 14.0. The molecule has 5 N–H and O–H groups in total. The molecule has 3 rings (SSSR count). The number of benzene rings is 2. The van der Waals surface area contributed by atoms with Gasteiger partial charge in [-0.15, -0.1) is 0 Å². The molecule has 1 aliphatic rings. The number of ether oxygens (including phenoxy) is 1. The Bertz CT molecular complexity index is 1300. The third kappa shape index (κ3) is 12.4. The first-order chi connectivity index (χ1) is 22.2. The summed E-state index contributed by atoms with van der Waals surface area (Å²) in [5.74, 6) is -0.692. The van der Waals surface area contributed by atoms with Crippen molar-refractivity contribution in [3.05, 3.63) is 48.0 Å². The number of nitrogens with one attached hydrogen (secondary N) is 3. The van der Waals surface area contributed by atoms with Crippen molar-refractivity contribution in [3.63, 3.8) is 0 Å². The topological polar surface area (TPSA) is 137 Å². The van der Waals surface area contributed by atoms with Crippen LogP contribution >= 0.6 is 0 Å². The van der Waals surface area contributed by atoms with Crippen molar-refractivity contribution in [3.8, 4) is 0 Å². The van der Waals surface area contributed by atoms with Gasteiger partial charge in [-0.3, -0.25) is 9.59 Å². The van der Waals surface area contributed by atoms with Gasteiger partial charge in [-0.2, -0.15) is 0 Å². The highest BCUT2D eigenvalue weighted by Crippen LogP contribution is 2.28. The standard InChI is InChI=1S/C38H59N3O6/c1-8-25(4)33(41-35(44)31(22-26-14-10-9-11-15-26)40-37(46)47-38(5,6)7)36(45)39-30(34(43)32(42)20-24(2)3)23-27-18-19-28-16-12-13-17-29(28)21-27/h12-13,16-19,21,24-26,30-34,42-43H,8-11,14-15,20,22-23H2,1-7H3,(H,39,45)(H,40,46)(H,41,44)/t25-,30-,31-,32-,33-,34+/m0/s1. The van der Waals surface area contributed by atoms with Gasteiger partial charge in [0.15, 0.2) is 0 Å². The zero-order valence-corrected chi connectivity index (χ0v) is 29.6. The number of carbonyl (C=O) groups is 3. The van der Waals surface area contributed by atoms with Crippen LogP contribution in [0.5, 0.6) is 0 Å². The van der Waals surface area contributed by atoms with Crippen LogP contribution in [0.4, 0.5) is 4.79 Å². The molecule has 0 aliphatic heterocycles. The highest BCUT2D eigenvalue weighted by Gasteiger charge is 2.35. The van der Waals surface area contributed by atoms with Gasteiger partial charge in [-0.05, 0) is 74.1 Å². The first-order valence-electron chi connectivity index (χ1n) is 17.6. The fraction of sp³-hybridized carbons (Fsp3) is 0.658. The van der Waals surface area contributed by atoms with Crippen LogP contribution < -0.4 is 16.0 Å². The largest absolute Gasteiger partial charge is 0.444 e. The molecule has 0 unspecified atom stereocenters. The number of hydrogen-bond acceptors (Lipinski definition) is 6. The van der Waals surface area contributed by atoms with Gasteiger partial charge in [-0.1, -0.05) is 109 Å². The van der Waals surface area contributed by atoms with Crippen LogP contribution in [0, 0.1) is 17.8 Å². The Labute approximate surface area is 281 Å². The van der Waals surface area contributed by atoms with Crippen LogP contribution in [0.15, 0.2) is 42.5 Å². The Morgan fingerprint density at radius 1 is 0.894 bits per heavy atom. The van der Waals surface area contributed by atoms with Gasteiger partial charge in [0.25, 0.3) is 0 Å². The van der Waals surface area contributed by atoms with Crippen LogP contribution in [-0.4, -0.2) is 64.1 Å². The predicted molar refractivity (Wildman–Crippen MR) is 187 cm³/mol. The lowest BCUT2D eigenvalue weighted by atomic mass is 9.84. The second kappa shape index (κ2) is 17.8. The fourth-order valence-electron chi connectivity index (χ4n) is 6.43. The Kier molecular flexibility index (Phi) is 14.5. The van der Waals surface area contributed by atoms with Gasteiger partial charge >= 0.3 is 6.09 Å². The van der Waals surface area contributed by atoms with E-state index in [1.165, 1.54) is 6.42 Å². The number of aliphatic hydroxyl groups is 2. The molecule has 1 aliphatic carbocycles. The third-order valence-corrected chi connectivity index (χ3v) is 9.21. The Hall–Kier alpha value is -3.17. The molecule has 47 heavy (non-hydrogen) atoms. The quantitative estimate of drug-likeness (QED) is 0.159. The Morgan fingerprint density at radius 3 is 2.17 bits per heavy atom. The van der Waals surface area contributed by atoms with E-state index in [1.54, 1.807) is 20.8 Å². The van der Waals surface area contributed by atoms with Gasteiger partial charge < -0.3 is 30.9 Å². The summed E-state index contributed by atoms with van der Waals surface area (Å²) in [7, 11) is 0. The van der Waals surface area contributed by atoms with Crippen LogP contribution in [0.1, 0.15) is 105 Å². The van der Waals surface area contributed by atoms with E-state index in [-0.39, 0.29) is 17.8 Å². The molecule has 0 bridgehead atoms. The minimum atomic E-state index is -1.23. The smallest absolute Gasteiger partial charge is 0.408 e. The van der Waals surface area contributed by atoms with Crippen LogP contribution in [0.25, 0.3) is 10.8 Å². The van der Waals surface area contributed by atoms with E-state index in [4.69, 9.17) is 4.74 Å².